The molecule has 0 spiro atoms. The van der Waals surface area contributed by atoms with E-state index in [1.165, 1.54) is 32.1 Å². The van der Waals surface area contributed by atoms with Crippen molar-refractivity contribution in [3.63, 3.8) is 0 Å². The van der Waals surface area contributed by atoms with E-state index in [9.17, 15) is 0 Å². The fraction of sp³-hybridized carbons (Fsp3) is 0.833. The molecule has 0 aromatic carbocycles. The Bertz CT molecular complexity index is 125. The molecule has 0 N–H and O–H groups in total. The molecule has 78 valence electrons. The van der Waals surface area contributed by atoms with Crippen LogP contribution in [0.5, 0.6) is 0 Å². The zero-order valence-electron chi connectivity index (χ0n) is 9.71. The standard InChI is InChI=1S/C12H25N/c1-12(2)10-8-6-5-7-9-11-13(3)4/h9,11-12H,5-8,10H2,1-4H3. The molecular formula is C12H25N. The molecule has 0 atom stereocenters. The monoisotopic (exact) mass is 183 g/mol. The van der Waals surface area contributed by atoms with E-state index in [1.807, 2.05) is 0 Å². The molecule has 0 aliphatic carbocycles. The van der Waals surface area contributed by atoms with Crippen LogP contribution in [0.15, 0.2) is 12.3 Å². The van der Waals surface area contributed by atoms with Crippen molar-refractivity contribution in [1.82, 2.24) is 4.90 Å². The maximum Gasteiger partial charge on any atom is 0.00555 e. The summed E-state index contributed by atoms with van der Waals surface area (Å²) in [6.07, 6.45) is 11.1. The third-order valence-corrected chi connectivity index (χ3v) is 2.06. The van der Waals surface area contributed by atoms with Gasteiger partial charge in [0.25, 0.3) is 0 Å². The van der Waals surface area contributed by atoms with E-state index < -0.39 is 0 Å². The van der Waals surface area contributed by atoms with E-state index in [4.69, 9.17) is 0 Å². The Morgan fingerprint density at radius 1 is 1.08 bits per heavy atom. The van der Waals surface area contributed by atoms with E-state index in [0.29, 0.717) is 0 Å². The maximum absolute atomic E-state index is 2.30. The molecule has 0 bridgehead atoms. The number of hydrogen-bond acceptors (Lipinski definition) is 1. The molecule has 0 unspecified atom stereocenters. The predicted octanol–water partition coefficient (Wildman–Crippen LogP) is 3.67. The second-order valence-electron chi connectivity index (χ2n) is 4.38. The number of rotatable bonds is 7. The molecule has 13 heavy (non-hydrogen) atoms. The Hall–Kier alpha value is -0.460. The minimum atomic E-state index is 0.873. The average Bonchev–Trinajstić information content (AvgIpc) is 2.01. The van der Waals surface area contributed by atoms with Crippen molar-refractivity contribution in [3.05, 3.63) is 12.3 Å². The van der Waals surface area contributed by atoms with Crippen LogP contribution < -0.4 is 0 Å². The van der Waals surface area contributed by atoms with Crippen molar-refractivity contribution in [2.75, 3.05) is 14.1 Å². The molecule has 0 amide bonds. The van der Waals surface area contributed by atoms with Crippen molar-refractivity contribution >= 4 is 0 Å². The normalized spacial score (nSPS) is 11.5. The quantitative estimate of drug-likeness (QED) is 0.544. The zero-order valence-corrected chi connectivity index (χ0v) is 9.71. The molecule has 1 nitrogen and oxygen atoms in total. The highest BCUT2D eigenvalue weighted by Gasteiger charge is 1.92. The van der Waals surface area contributed by atoms with Crippen LogP contribution >= 0.6 is 0 Å². The lowest BCUT2D eigenvalue weighted by molar-refractivity contribution is 0.526. The minimum absolute atomic E-state index is 0.873. The Morgan fingerprint density at radius 3 is 2.31 bits per heavy atom. The highest BCUT2D eigenvalue weighted by molar-refractivity contribution is 4.78. The summed E-state index contributed by atoms with van der Waals surface area (Å²) in [5.74, 6) is 0.873. The smallest absolute Gasteiger partial charge is 0.00555 e. The lowest BCUT2D eigenvalue weighted by Crippen LogP contribution is -1.99. The predicted molar refractivity (Wildman–Crippen MR) is 60.8 cm³/mol. The Morgan fingerprint density at radius 2 is 1.77 bits per heavy atom. The van der Waals surface area contributed by atoms with Gasteiger partial charge in [0.2, 0.25) is 0 Å². The highest BCUT2D eigenvalue weighted by atomic mass is 15.0. The average molecular weight is 183 g/mol. The largest absolute Gasteiger partial charge is 0.384 e. The van der Waals surface area contributed by atoms with E-state index >= 15 is 0 Å². The third kappa shape index (κ3) is 11.5. The van der Waals surface area contributed by atoms with Gasteiger partial charge in [0.1, 0.15) is 0 Å². The molecule has 0 rings (SSSR count). The van der Waals surface area contributed by atoms with Crippen molar-refractivity contribution in [1.29, 1.82) is 0 Å². The fourth-order valence-corrected chi connectivity index (χ4v) is 1.28. The molecule has 0 aromatic heterocycles. The summed E-state index contributed by atoms with van der Waals surface area (Å²) in [6.45, 7) is 4.60. The van der Waals surface area contributed by atoms with Crippen LogP contribution in [0.2, 0.25) is 0 Å². The van der Waals surface area contributed by atoms with E-state index in [2.05, 4.69) is 45.1 Å². The second-order valence-corrected chi connectivity index (χ2v) is 4.38. The lowest BCUT2D eigenvalue weighted by atomic mass is 10.0. The van der Waals surface area contributed by atoms with Gasteiger partial charge in [-0.05, 0) is 25.0 Å². The molecule has 0 aliphatic heterocycles. The first-order chi connectivity index (χ1) is 6.13. The van der Waals surface area contributed by atoms with Gasteiger partial charge in [0.15, 0.2) is 0 Å². The van der Waals surface area contributed by atoms with E-state index in [-0.39, 0.29) is 0 Å². The van der Waals surface area contributed by atoms with Gasteiger partial charge >= 0.3 is 0 Å². The molecule has 0 fully saturated rings. The summed E-state index contributed by atoms with van der Waals surface area (Å²) in [4.78, 5) is 2.09. The van der Waals surface area contributed by atoms with Gasteiger partial charge < -0.3 is 4.90 Å². The summed E-state index contributed by atoms with van der Waals surface area (Å²) in [7, 11) is 4.13. The van der Waals surface area contributed by atoms with Crippen LogP contribution in [0.1, 0.15) is 46.0 Å². The Balaban J connectivity index is 3.08. The number of hydrogen-bond donors (Lipinski definition) is 0. The summed E-state index contributed by atoms with van der Waals surface area (Å²) < 4.78 is 0. The topological polar surface area (TPSA) is 3.24 Å². The SMILES string of the molecule is CC(C)CCCCCC=CN(C)C. The van der Waals surface area contributed by atoms with Crippen LogP contribution in [0.3, 0.4) is 0 Å². The van der Waals surface area contributed by atoms with Crippen molar-refractivity contribution in [3.8, 4) is 0 Å². The molecule has 0 saturated carbocycles. The summed E-state index contributed by atoms with van der Waals surface area (Å²) in [5.41, 5.74) is 0. The van der Waals surface area contributed by atoms with Gasteiger partial charge in [0.05, 0.1) is 0 Å². The van der Waals surface area contributed by atoms with Crippen molar-refractivity contribution < 1.29 is 0 Å². The Labute approximate surface area is 83.8 Å². The molecule has 0 saturated heterocycles. The number of allylic oxidation sites excluding steroid dienone is 1. The van der Waals surface area contributed by atoms with Gasteiger partial charge in [-0.2, -0.15) is 0 Å². The Kier molecular flexibility index (Phi) is 7.86. The molecule has 0 aliphatic rings. The van der Waals surface area contributed by atoms with Crippen molar-refractivity contribution in [2.24, 2.45) is 5.92 Å². The van der Waals surface area contributed by atoms with Crippen LogP contribution in [-0.4, -0.2) is 19.0 Å². The van der Waals surface area contributed by atoms with Crippen molar-refractivity contribution in [2.45, 2.75) is 46.0 Å². The number of nitrogens with zero attached hydrogens (tertiary/aromatic N) is 1. The van der Waals surface area contributed by atoms with Gasteiger partial charge in [-0.3, -0.25) is 0 Å². The summed E-state index contributed by atoms with van der Waals surface area (Å²) in [5, 5.41) is 0. The van der Waals surface area contributed by atoms with Crippen LogP contribution in [0.25, 0.3) is 0 Å². The fourth-order valence-electron chi connectivity index (χ4n) is 1.28. The molecular weight excluding hydrogens is 158 g/mol. The van der Waals surface area contributed by atoms with Crippen LogP contribution in [0.4, 0.5) is 0 Å². The number of unbranched alkanes of at least 4 members (excludes halogenated alkanes) is 3. The molecule has 0 radical (unpaired) electrons. The summed E-state index contributed by atoms with van der Waals surface area (Å²) >= 11 is 0. The highest BCUT2D eigenvalue weighted by Crippen LogP contribution is 2.09. The van der Waals surface area contributed by atoms with Gasteiger partial charge in [0, 0.05) is 14.1 Å². The first-order valence-corrected chi connectivity index (χ1v) is 5.46. The maximum atomic E-state index is 2.30. The van der Waals surface area contributed by atoms with Gasteiger partial charge in [-0.25, -0.2) is 0 Å². The molecule has 0 aromatic rings. The van der Waals surface area contributed by atoms with E-state index in [0.717, 1.165) is 5.92 Å². The van der Waals surface area contributed by atoms with Crippen LogP contribution in [0, 0.1) is 5.92 Å². The van der Waals surface area contributed by atoms with E-state index in [1.54, 1.807) is 0 Å². The molecule has 0 heterocycles. The lowest BCUT2D eigenvalue weighted by Gasteiger charge is -2.04. The van der Waals surface area contributed by atoms with Gasteiger partial charge in [-0.15, -0.1) is 0 Å². The molecule has 1 heteroatoms. The summed E-state index contributed by atoms with van der Waals surface area (Å²) in [6, 6.07) is 0. The van der Waals surface area contributed by atoms with Gasteiger partial charge in [-0.1, -0.05) is 39.2 Å². The third-order valence-electron chi connectivity index (χ3n) is 2.06. The zero-order chi connectivity index (χ0) is 10.1. The first kappa shape index (κ1) is 12.5. The minimum Gasteiger partial charge on any atom is -0.384 e. The second kappa shape index (κ2) is 8.15. The first-order valence-electron chi connectivity index (χ1n) is 5.46. The van der Waals surface area contributed by atoms with Crippen LogP contribution in [-0.2, 0) is 0 Å².